The molecular weight excluding hydrogens is 364 g/mol. The monoisotopic (exact) mass is 394 g/mol. The molecule has 0 radical (unpaired) electrons. The first-order valence-electron chi connectivity index (χ1n) is 10.2. The molecule has 1 aromatic rings. The van der Waals surface area contributed by atoms with E-state index in [9.17, 15) is 15.0 Å². The summed E-state index contributed by atoms with van der Waals surface area (Å²) < 4.78 is 4.67. The van der Waals surface area contributed by atoms with Crippen LogP contribution >= 0.6 is 11.6 Å². The lowest BCUT2D eigenvalue weighted by Crippen LogP contribution is -2.19. The van der Waals surface area contributed by atoms with Crippen molar-refractivity contribution in [3.63, 3.8) is 0 Å². The van der Waals surface area contributed by atoms with E-state index in [0.717, 1.165) is 56.1 Å². The molecule has 1 fully saturated rings. The number of esters is 1. The number of aliphatic hydroxyl groups is 2. The van der Waals surface area contributed by atoms with Crippen molar-refractivity contribution in [1.82, 2.24) is 0 Å². The van der Waals surface area contributed by atoms with Crippen molar-refractivity contribution in [2.45, 2.75) is 81.3 Å². The van der Waals surface area contributed by atoms with Gasteiger partial charge in [0.1, 0.15) is 0 Å². The largest absolute Gasteiger partial charge is 0.469 e. The lowest BCUT2D eigenvalue weighted by atomic mass is 9.83. The van der Waals surface area contributed by atoms with Crippen LogP contribution in [0.5, 0.6) is 0 Å². The average Bonchev–Trinajstić information content (AvgIpc) is 3.16. The normalized spacial score (nSPS) is 29.7. The van der Waals surface area contributed by atoms with Crippen molar-refractivity contribution in [2.24, 2.45) is 5.92 Å². The standard InChI is InChI=1S/C22H31ClO4/c1-27-21(26)7-5-3-2-4-6-17-18(23)13-20(25)22(17)15-8-10-16-14(12-15)9-11-19(16)24/h8,10,12,17-20,22,24-25H,2-7,9,11,13H2,1H3. The summed E-state index contributed by atoms with van der Waals surface area (Å²) in [5.74, 6) is 0.203. The van der Waals surface area contributed by atoms with Gasteiger partial charge in [0, 0.05) is 17.7 Å². The van der Waals surface area contributed by atoms with Gasteiger partial charge >= 0.3 is 5.97 Å². The predicted octanol–water partition coefficient (Wildman–Crippen LogP) is 4.25. The number of methoxy groups -OCH3 is 1. The van der Waals surface area contributed by atoms with Gasteiger partial charge in [0.15, 0.2) is 0 Å². The van der Waals surface area contributed by atoms with Crippen LogP contribution in [0.25, 0.3) is 0 Å². The van der Waals surface area contributed by atoms with E-state index in [1.807, 2.05) is 6.07 Å². The van der Waals surface area contributed by atoms with Crippen molar-refractivity contribution in [3.8, 4) is 0 Å². The molecule has 5 atom stereocenters. The molecule has 2 N–H and O–H groups in total. The highest BCUT2D eigenvalue weighted by Crippen LogP contribution is 2.46. The summed E-state index contributed by atoms with van der Waals surface area (Å²) >= 11 is 6.60. The highest BCUT2D eigenvalue weighted by Gasteiger charge is 2.42. The van der Waals surface area contributed by atoms with Crippen LogP contribution in [0.4, 0.5) is 0 Å². The third-order valence-corrected chi connectivity index (χ3v) is 6.80. The second-order valence-electron chi connectivity index (χ2n) is 8.05. The van der Waals surface area contributed by atoms with E-state index >= 15 is 0 Å². The molecule has 2 aliphatic rings. The van der Waals surface area contributed by atoms with Crippen LogP contribution in [-0.2, 0) is 16.0 Å². The van der Waals surface area contributed by atoms with Crippen LogP contribution in [0.1, 0.15) is 80.1 Å². The minimum atomic E-state index is -0.402. The number of unbranched alkanes of at least 4 members (excludes halogenated alkanes) is 3. The van der Waals surface area contributed by atoms with E-state index in [-0.39, 0.29) is 29.3 Å². The number of carbonyl (C=O) groups excluding carboxylic acids is 1. The van der Waals surface area contributed by atoms with E-state index < -0.39 is 6.10 Å². The fourth-order valence-electron chi connectivity index (χ4n) is 4.82. The first-order chi connectivity index (χ1) is 13.0. The second kappa shape index (κ2) is 9.40. The van der Waals surface area contributed by atoms with Crippen LogP contribution in [0.3, 0.4) is 0 Å². The number of carbonyl (C=O) groups is 1. The Morgan fingerprint density at radius 1 is 1.22 bits per heavy atom. The number of halogens is 1. The van der Waals surface area contributed by atoms with Crippen LogP contribution < -0.4 is 0 Å². The van der Waals surface area contributed by atoms with Crippen LogP contribution in [0, 0.1) is 5.92 Å². The molecule has 150 valence electrons. The number of fused-ring (bicyclic) bond motifs is 1. The Kier molecular flexibility index (Phi) is 7.18. The van der Waals surface area contributed by atoms with E-state index in [1.54, 1.807) is 0 Å². The van der Waals surface area contributed by atoms with E-state index in [1.165, 1.54) is 12.7 Å². The molecule has 4 nitrogen and oxygen atoms in total. The Hall–Kier alpha value is -1.10. The number of ether oxygens (including phenoxy) is 1. The van der Waals surface area contributed by atoms with Gasteiger partial charge in [-0.2, -0.15) is 0 Å². The topological polar surface area (TPSA) is 66.8 Å². The molecule has 27 heavy (non-hydrogen) atoms. The molecule has 1 aromatic carbocycles. The van der Waals surface area contributed by atoms with E-state index in [2.05, 4.69) is 16.9 Å². The highest BCUT2D eigenvalue weighted by molar-refractivity contribution is 6.21. The first kappa shape index (κ1) is 20.6. The van der Waals surface area contributed by atoms with Crippen molar-refractivity contribution < 1.29 is 19.7 Å². The van der Waals surface area contributed by atoms with Gasteiger partial charge < -0.3 is 14.9 Å². The summed E-state index contributed by atoms with van der Waals surface area (Å²) in [6.07, 6.45) is 7.07. The maximum Gasteiger partial charge on any atom is 0.305 e. The molecule has 0 amide bonds. The second-order valence-corrected chi connectivity index (χ2v) is 8.61. The molecule has 0 bridgehead atoms. The number of alkyl halides is 1. The van der Waals surface area contributed by atoms with Gasteiger partial charge in [0.2, 0.25) is 0 Å². The number of aliphatic hydroxyl groups excluding tert-OH is 2. The SMILES string of the molecule is COC(=O)CCCCCCC1C(Cl)CC(O)C1c1ccc2c(c1)CCC2O. The summed E-state index contributed by atoms with van der Waals surface area (Å²) in [4.78, 5) is 11.2. The van der Waals surface area contributed by atoms with Gasteiger partial charge in [-0.15, -0.1) is 11.6 Å². The zero-order chi connectivity index (χ0) is 19.4. The van der Waals surface area contributed by atoms with Gasteiger partial charge in [-0.05, 0) is 54.7 Å². The summed E-state index contributed by atoms with van der Waals surface area (Å²) in [6, 6.07) is 6.28. The Labute approximate surface area is 166 Å². The smallest absolute Gasteiger partial charge is 0.305 e. The Morgan fingerprint density at radius 2 is 2.00 bits per heavy atom. The number of benzene rings is 1. The zero-order valence-corrected chi connectivity index (χ0v) is 16.8. The lowest BCUT2D eigenvalue weighted by Gasteiger charge is -2.24. The van der Waals surface area contributed by atoms with E-state index in [0.29, 0.717) is 12.8 Å². The molecule has 3 rings (SSSR count). The van der Waals surface area contributed by atoms with Gasteiger partial charge in [0.05, 0.1) is 19.3 Å². The lowest BCUT2D eigenvalue weighted by molar-refractivity contribution is -0.140. The Bertz CT molecular complexity index is 647. The summed E-state index contributed by atoms with van der Waals surface area (Å²) in [6.45, 7) is 0. The Balaban J connectivity index is 1.56. The van der Waals surface area contributed by atoms with Gasteiger partial charge in [-0.3, -0.25) is 4.79 Å². The van der Waals surface area contributed by atoms with Gasteiger partial charge in [0.25, 0.3) is 0 Å². The van der Waals surface area contributed by atoms with Crippen LogP contribution in [0.2, 0.25) is 0 Å². The fourth-order valence-corrected chi connectivity index (χ4v) is 5.28. The predicted molar refractivity (Wildman–Crippen MR) is 106 cm³/mol. The average molecular weight is 395 g/mol. The first-order valence-corrected chi connectivity index (χ1v) is 10.6. The molecule has 0 aliphatic heterocycles. The summed E-state index contributed by atoms with van der Waals surface area (Å²) in [5.41, 5.74) is 3.41. The van der Waals surface area contributed by atoms with Crippen LogP contribution in [-0.4, -0.2) is 34.8 Å². The molecule has 1 saturated carbocycles. The fraction of sp³-hybridized carbons (Fsp3) is 0.682. The maximum atomic E-state index is 11.2. The van der Waals surface area contributed by atoms with Crippen molar-refractivity contribution in [1.29, 1.82) is 0 Å². The highest BCUT2D eigenvalue weighted by atomic mass is 35.5. The number of hydrogen-bond donors (Lipinski definition) is 2. The third kappa shape index (κ3) is 4.85. The molecule has 0 spiro atoms. The van der Waals surface area contributed by atoms with Gasteiger partial charge in [-0.25, -0.2) is 0 Å². The molecular formula is C22H31ClO4. The van der Waals surface area contributed by atoms with Crippen molar-refractivity contribution in [3.05, 3.63) is 34.9 Å². The number of rotatable bonds is 8. The molecule has 0 aromatic heterocycles. The molecule has 0 saturated heterocycles. The van der Waals surface area contributed by atoms with E-state index in [4.69, 9.17) is 11.6 Å². The summed E-state index contributed by atoms with van der Waals surface area (Å²) in [5, 5.41) is 20.6. The molecule has 0 heterocycles. The maximum absolute atomic E-state index is 11.2. The van der Waals surface area contributed by atoms with Crippen molar-refractivity contribution in [2.75, 3.05) is 7.11 Å². The molecule has 2 aliphatic carbocycles. The molecule has 5 unspecified atom stereocenters. The molecule has 5 heteroatoms. The zero-order valence-electron chi connectivity index (χ0n) is 16.1. The minimum Gasteiger partial charge on any atom is -0.469 e. The number of hydrogen-bond acceptors (Lipinski definition) is 4. The van der Waals surface area contributed by atoms with Gasteiger partial charge in [-0.1, -0.05) is 37.5 Å². The van der Waals surface area contributed by atoms with Crippen molar-refractivity contribution >= 4 is 17.6 Å². The third-order valence-electron chi connectivity index (χ3n) is 6.30. The summed E-state index contributed by atoms with van der Waals surface area (Å²) in [7, 11) is 1.42. The van der Waals surface area contributed by atoms with Crippen LogP contribution in [0.15, 0.2) is 18.2 Å². The quantitative estimate of drug-likeness (QED) is 0.393. The number of aryl methyl sites for hydroxylation is 1. The minimum absolute atomic E-state index is 0.00101. The Morgan fingerprint density at radius 3 is 2.78 bits per heavy atom.